The number of rotatable bonds is 3. The summed E-state index contributed by atoms with van der Waals surface area (Å²) in [7, 11) is 0. The molecule has 0 aliphatic carbocycles. The molecule has 0 spiro atoms. The first-order valence-electron chi connectivity index (χ1n) is 7.99. The Balaban J connectivity index is 0.000000948. The summed E-state index contributed by atoms with van der Waals surface area (Å²) < 4.78 is 14.4. The number of fused-ring (bicyclic) bond motifs is 2. The van der Waals surface area contributed by atoms with Gasteiger partial charge in [0.15, 0.2) is 10.9 Å². The zero-order valence-corrected chi connectivity index (χ0v) is 15.2. The van der Waals surface area contributed by atoms with Crippen molar-refractivity contribution in [2.75, 3.05) is 11.1 Å². The molecule has 4 rings (SSSR count). The van der Waals surface area contributed by atoms with Crippen molar-refractivity contribution in [3.63, 3.8) is 0 Å². The first-order valence-corrected chi connectivity index (χ1v) is 8.80. The lowest BCUT2D eigenvalue weighted by Gasteiger charge is -2.10. The van der Waals surface area contributed by atoms with E-state index in [1.807, 2.05) is 13.8 Å². The maximum absolute atomic E-state index is 14.4. The molecule has 4 N–H and O–H groups in total. The average molecular weight is 372 g/mol. The van der Waals surface area contributed by atoms with E-state index in [4.69, 9.17) is 5.73 Å². The van der Waals surface area contributed by atoms with Crippen LogP contribution in [0.3, 0.4) is 0 Å². The van der Waals surface area contributed by atoms with E-state index in [2.05, 4.69) is 25.5 Å². The number of carbonyl (C=O) groups excluding carboxylic acids is 1. The predicted molar refractivity (Wildman–Crippen MR) is 103 cm³/mol. The minimum atomic E-state index is -0.490. The molecule has 0 bridgehead atoms. The average Bonchev–Trinajstić information content (AvgIpc) is 3.28. The van der Waals surface area contributed by atoms with Crippen LogP contribution in [0, 0.1) is 12.7 Å². The lowest BCUT2D eigenvalue weighted by atomic mass is 9.99. The molecular weight excluding hydrogens is 355 g/mol. The van der Waals surface area contributed by atoms with Crippen molar-refractivity contribution in [1.29, 1.82) is 0 Å². The van der Waals surface area contributed by atoms with Crippen LogP contribution >= 0.6 is 11.3 Å². The molecule has 0 saturated carbocycles. The van der Waals surface area contributed by atoms with Crippen molar-refractivity contribution >= 4 is 49.8 Å². The van der Waals surface area contributed by atoms with Crippen LogP contribution in [-0.4, -0.2) is 26.6 Å². The number of halogens is 1. The number of hydrogen-bond donors (Lipinski definition) is 3. The van der Waals surface area contributed by atoms with Gasteiger partial charge in [-0.25, -0.2) is 14.4 Å². The van der Waals surface area contributed by atoms with Gasteiger partial charge in [0.2, 0.25) is 6.41 Å². The van der Waals surface area contributed by atoms with E-state index < -0.39 is 5.82 Å². The second kappa shape index (κ2) is 7.04. The lowest BCUT2D eigenvalue weighted by molar-refractivity contribution is -0.105. The second-order valence-electron chi connectivity index (χ2n) is 5.19. The van der Waals surface area contributed by atoms with Gasteiger partial charge in [0.1, 0.15) is 10.3 Å². The molecule has 26 heavy (non-hydrogen) atoms. The highest BCUT2D eigenvalue weighted by atomic mass is 32.1. The Kier molecular flexibility index (Phi) is 4.81. The van der Waals surface area contributed by atoms with Crippen molar-refractivity contribution < 1.29 is 9.18 Å². The minimum Gasteiger partial charge on any atom is -0.395 e. The molecule has 1 aromatic carbocycles. The fraction of sp³-hybridized carbons (Fsp3) is 0.176. The number of H-pyrrole nitrogens is 1. The summed E-state index contributed by atoms with van der Waals surface area (Å²) in [6, 6.07) is 3.54. The SMILES string of the molecule is CC.Cc1c(F)c(N)c2[nH]ncc2c1-c1ccc2nc(NC=O)sc2n1. The molecule has 0 aliphatic rings. The summed E-state index contributed by atoms with van der Waals surface area (Å²) in [4.78, 5) is 20.0. The smallest absolute Gasteiger partial charge is 0.213 e. The van der Waals surface area contributed by atoms with Crippen LogP contribution in [0.25, 0.3) is 32.5 Å². The number of hydrogen-bond acceptors (Lipinski definition) is 6. The summed E-state index contributed by atoms with van der Waals surface area (Å²) in [6.07, 6.45) is 2.17. The van der Waals surface area contributed by atoms with E-state index in [1.54, 1.807) is 25.3 Å². The second-order valence-corrected chi connectivity index (χ2v) is 6.17. The van der Waals surface area contributed by atoms with E-state index in [0.29, 0.717) is 49.6 Å². The molecule has 0 fully saturated rings. The number of pyridine rings is 1. The van der Waals surface area contributed by atoms with Gasteiger partial charge < -0.3 is 11.1 Å². The summed E-state index contributed by atoms with van der Waals surface area (Å²) in [5, 5.41) is 10.4. The molecule has 9 heteroatoms. The molecule has 0 aliphatic heterocycles. The Labute approximate surface area is 152 Å². The van der Waals surface area contributed by atoms with Crippen molar-refractivity contribution in [1.82, 2.24) is 20.2 Å². The number of aromatic amines is 1. The highest BCUT2D eigenvalue weighted by Gasteiger charge is 2.19. The van der Waals surface area contributed by atoms with Crippen molar-refractivity contribution in [3.8, 4) is 11.3 Å². The monoisotopic (exact) mass is 372 g/mol. The summed E-state index contributed by atoms with van der Waals surface area (Å²) in [6.45, 7) is 5.66. The molecule has 0 radical (unpaired) electrons. The van der Waals surface area contributed by atoms with Crippen molar-refractivity contribution in [3.05, 3.63) is 29.7 Å². The molecule has 4 aromatic rings. The van der Waals surface area contributed by atoms with Gasteiger partial charge in [-0.15, -0.1) is 0 Å². The fourth-order valence-electron chi connectivity index (χ4n) is 2.70. The Morgan fingerprint density at radius 1 is 1.31 bits per heavy atom. The van der Waals surface area contributed by atoms with E-state index in [-0.39, 0.29) is 5.69 Å². The molecule has 134 valence electrons. The van der Waals surface area contributed by atoms with Gasteiger partial charge in [0.05, 0.1) is 23.1 Å². The maximum atomic E-state index is 14.4. The minimum absolute atomic E-state index is 0.0417. The van der Waals surface area contributed by atoms with Gasteiger partial charge in [-0.3, -0.25) is 9.89 Å². The van der Waals surface area contributed by atoms with Crippen molar-refractivity contribution in [2.45, 2.75) is 20.8 Å². The molecular formula is C17H17FN6OS. The van der Waals surface area contributed by atoms with Crippen LogP contribution in [0.15, 0.2) is 18.3 Å². The third kappa shape index (κ3) is 2.76. The lowest BCUT2D eigenvalue weighted by Crippen LogP contribution is -1.99. The van der Waals surface area contributed by atoms with Crippen LogP contribution in [0.1, 0.15) is 19.4 Å². The molecule has 0 saturated heterocycles. The molecule has 3 aromatic heterocycles. The van der Waals surface area contributed by atoms with Gasteiger partial charge in [0, 0.05) is 10.9 Å². The van der Waals surface area contributed by atoms with Crippen LogP contribution < -0.4 is 11.1 Å². The van der Waals surface area contributed by atoms with Gasteiger partial charge >= 0.3 is 0 Å². The quantitative estimate of drug-likeness (QED) is 0.374. The topological polar surface area (TPSA) is 110 Å². The van der Waals surface area contributed by atoms with Crippen molar-refractivity contribution in [2.24, 2.45) is 0 Å². The number of nitrogens with two attached hydrogens (primary N) is 1. The Bertz CT molecular complexity index is 1100. The maximum Gasteiger partial charge on any atom is 0.213 e. The number of carbonyl (C=O) groups is 1. The largest absolute Gasteiger partial charge is 0.395 e. The number of nitrogens with one attached hydrogen (secondary N) is 2. The van der Waals surface area contributed by atoms with Crippen LogP contribution in [0.2, 0.25) is 0 Å². The molecule has 3 heterocycles. The van der Waals surface area contributed by atoms with Crippen LogP contribution in [-0.2, 0) is 4.79 Å². The number of anilines is 2. The predicted octanol–water partition coefficient (Wildman–Crippen LogP) is 3.86. The molecule has 0 unspecified atom stereocenters. The number of thiazole rings is 1. The Hall–Kier alpha value is -3.07. The summed E-state index contributed by atoms with van der Waals surface area (Å²) in [5.74, 6) is -0.490. The zero-order chi connectivity index (χ0) is 18.8. The number of amides is 1. The molecule has 1 amide bonds. The fourth-order valence-corrected chi connectivity index (χ4v) is 3.50. The normalized spacial score (nSPS) is 10.6. The standard InChI is InChI=1S/C15H11FN6OS.C2H6/c1-6-10(7-4-19-22-13(7)12(17)11(6)16)8-2-3-9-14(20-8)24-15(21-9)18-5-23;1-2/h2-5H,17H2,1H3,(H,19,22)(H,18,21,23);1-2H3. The van der Waals surface area contributed by atoms with E-state index in [9.17, 15) is 9.18 Å². The number of benzene rings is 1. The summed E-state index contributed by atoms with van der Waals surface area (Å²) in [5.41, 5.74) is 8.59. The van der Waals surface area contributed by atoms with Crippen LogP contribution in [0.4, 0.5) is 15.2 Å². The first-order chi connectivity index (χ1) is 12.6. The molecule has 7 nitrogen and oxygen atoms in total. The van der Waals surface area contributed by atoms with Gasteiger partial charge in [-0.05, 0) is 24.6 Å². The first kappa shape index (κ1) is 17.7. The number of nitrogens with zero attached hydrogens (tertiary/aromatic N) is 3. The highest BCUT2D eigenvalue weighted by Crippen LogP contribution is 2.37. The molecule has 0 atom stereocenters. The Morgan fingerprint density at radius 3 is 2.81 bits per heavy atom. The third-order valence-corrected chi connectivity index (χ3v) is 4.71. The van der Waals surface area contributed by atoms with E-state index in [0.717, 1.165) is 0 Å². The summed E-state index contributed by atoms with van der Waals surface area (Å²) >= 11 is 1.24. The number of nitrogen functional groups attached to an aromatic ring is 1. The van der Waals surface area contributed by atoms with Gasteiger partial charge in [-0.2, -0.15) is 5.10 Å². The Morgan fingerprint density at radius 2 is 2.08 bits per heavy atom. The third-order valence-electron chi connectivity index (χ3n) is 3.81. The zero-order valence-electron chi connectivity index (χ0n) is 14.4. The van der Waals surface area contributed by atoms with Gasteiger partial charge in [-0.1, -0.05) is 25.2 Å². The number of aromatic nitrogens is 4. The van der Waals surface area contributed by atoms with Crippen LogP contribution in [0.5, 0.6) is 0 Å². The highest BCUT2D eigenvalue weighted by molar-refractivity contribution is 7.21. The van der Waals surface area contributed by atoms with Gasteiger partial charge in [0.25, 0.3) is 0 Å². The van der Waals surface area contributed by atoms with E-state index >= 15 is 0 Å². The van der Waals surface area contributed by atoms with E-state index in [1.165, 1.54) is 11.3 Å².